The van der Waals surface area contributed by atoms with Crippen LogP contribution in [0.3, 0.4) is 0 Å². The van der Waals surface area contributed by atoms with E-state index in [0.717, 1.165) is 44.2 Å². The first kappa shape index (κ1) is 21.2. The molecule has 1 aliphatic heterocycles. The largest absolute Gasteiger partial charge is 0.355 e. The molecule has 0 saturated carbocycles. The van der Waals surface area contributed by atoms with E-state index in [2.05, 4.69) is 43.9 Å². The van der Waals surface area contributed by atoms with Gasteiger partial charge in [0.1, 0.15) is 6.04 Å². The van der Waals surface area contributed by atoms with E-state index >= 15 is 0 Å². The Kier molecular flexibility index (Phi) is 8.89. The number of hydrogen-bond donors (Lipinski definition) is 0. The zero-order valence-electron chi connectivity index (χ0n) is 16.3. The predicted molar refractivity (Wildman–Crippen MR) is 107 cm³/mol. The lowest BCUT2D eigenvalue weighted by atomic mass is 9.99. The number of carbonyl (C=O) groups is 1. The number of anilines is 1. The molecule has 146 valence electrons. The van der Waals surface area contributed by atoms with Gasteiger partial charge in [-0.05, 0) is 48.4 Å². The Hall–Kier alpha value is -1.10. The van der Waals surface area contributed by atoms with Crippen molar-refractivity contribution in [3.8, 4) is 0 Å². The second kappa shape index (κ2) is 10.9. The minimum atomic E-state index is -0.358. The van der Waals surface area contributed by atoms with Gasteiger partial charge >= 0.3 is 0 Å². The van der Waals surface area contributed by atoms with Crippen LogP contribution in [0.5, 0.6) is 0 Å². The average molecular weight is 382 g/mol. The molecule has 26 heavy (non-hydrogen) atoms. The molecule has 4 nitrogen and oxygen atoms in total. The van der Waals surface area contributed by atoms with Gasteiger partial charge in [-0.1, -0.05) is 51.8 Å². The number of para-hydroxylation sites is 1. The van der Waals surface area contributed by atoms with Crippen LogP contribution >= 0.6 is 11.6 Å². The number of unbranched alkanes of at least 4 members (excludes halogenated alkanes) is 1. The molecule has 0 radical (unpaired) electrons. The first-order chi connectivity index (χ1) is 12.6. The third-order valence-electron chi connectivity index (χ3n) is 4.96. The smallest absolute Gasteiger partial charge is 0.244 e. The average Bonchev–Trinajstić information content (AvgIpc) is 2.67. The molecule has 1 aromatic rings. The van der Waals surface area contributed by atoms with Crippen LogP contribution in [0.1, 0.15) is 57.6 Å². The van der Waals surface area contributed by atoms with Crippen LogP contribution in [-0.2, 0) is 27.1 Å². The van der Waals surface area contributed by atoms with E-state index in [4.69, 9.17) is 21.1 Å². The SMILES string of the molecule is CCCCC(C(=O)Cl)N(CC1OCCCO1)c1c(CC)cccc1CC. The summed E-state index contributed by atoms with van der Waals surface area (Å²) in [7, 11) is 0. The van der Waals surface area contributed by atoms with Crippen molar-refractivity contribution in [1.82, 2.24) is 0 Å². The lowest BCUT2D eigenvalue weighted by Crippen LogP contribution is -2.47. The number of halogens is 1. The van der Waals surface area contributed by atoms with Gasteiger partial charge < -0.3 is 14.4 Å². The molecule has 0 spiro atoms. The summed E-state index contributed by atoms with van der Waals surface area (Å²) in [6.45, 7) is 8.34. The van der Waals surface area contributed by atoms with Crippen molar-refractivity contribution < 1.29 is 14.3 Å². The van der Waals surface area contributed by atoms with Gasteiger partial charge in [0.25, 0.3) is 0 Å². The monoisotopic (exact) mass is 381 g/mol. The third-order valence-corrected chi connectivity index (χ3v) is 5.22. The number of ether oxygens (including phenoxy) is 2. The van der Waals surface area contributed by atoms with Crippen molar-refractivity contribution in [2.75, 3.05) is 24.7 Å². The number of benzene rings is 1. The van der Waals surface area contributed by atoms with E-state index in [1.807, 2.05) is 0 Å². The zero-order valence-corrected chi connectivity index (χ0v) is 17.1. The van der Waals surface area contributed by atoms with Gasteiger partial charge in [-0.15, -0.1) is 0 Å². The van der Waals surface area contributed by atoms with Crippen molar-refractivity contribution in [2.24, 2.45) is 0 Å². The van der Waals surface area contributed by atoms with Crippen molar-refractivity contribution in [1.29, 1.82) is 0 Å². The van der Waals surface area contributed by atoms with Crippen LogP contribution in [0.15, 0.2) is 18.2 Å². The maximum Gasteiger partial charge on any atom is 0.244 e. The molecule has 1 saturated heterocycles. The number of hydrogen-bond acceptors (Lipinski definition) is 4. The molecule has 0 aliphatic carbocycles. The second-order valence-corrected chi connectivity index (χ2v) is 7.14. The molecule has 1 unspecified atom stereocenters. The molecule has 2 rings (SSSR count). The molecular weight excluding hydrogens is 350 g/mol. The van der Waals surface area contributed by atoms with E-state index in [1.165, 1.54) is 11.1 Å². The molecule has 1 aliphatic rings. The molecule has 5 heteroatoms. The molecule has 1 heterocycles. The summed E-state index contributed by atoms with van der Waals surface area (Å²) in [6.07, 6.45) is 5.14. The van der Waals surface area contributed by atoms with Gasteiger partial charge in [0.2, 0.25) is 5.24 Å². The van der Waals surface area contributed by atoms with Gasteiger partial charge in [0.05, 0.1) is 19.8 Å². The van der Waals surface area contributed by atoms with Gasteiger partial charge in [0, 0.05) is 5.69 Å². The molecule has 1 fully saturated rings. The Balaban J connectivity index is 2.43. The molecule has 0 aromatic heterocycles. The summed E-state index contributed by atoms with van der Waals surface area (Å²) in [6, 6.07) is 6.01. The Morgan fingerprint density at radius 3 is 2.31 bits per heavy atom. The minimum absolute atomic E-state index is 0.304. The Bertz CT molecular complexity index is 550. The van der Waals surface area contributed by atoms with E-state index in [0.29, 0.717) is 19.8 Å². The molecular formula is C21H32ClNO3. The van der Waals surface area contributed by atoms with Gasteiger partial charge in [-0.25, -0.2) is 0 Å². The summed E-state index contributed by atoms with van der Waals surface area (Å²) in [4.78, 5) is 14.5. The highest BCUT2D eigenvalue weighted by Gasteiger charge is 2.30. The standard InChI is InChI=1S/C21H32ClNO3/c1-4-7-12-18(21(22)24)23(15-19-25-13-9-14-26-19)20-16(5-2)10-8-11-17(20)6-3/h8,10-11,18-19H,4-7,9,12-15H2,1-3H3. The Labute approximate surface area is 162 Å². The Morgan fingerprint density at radius 1 is 1.19 bits per heavy atom. The highest BCUT2D eigenvalue weighted by atomic mass is 35.5. The van der Waals surface area contributed by atoms with Crippen LogP contribution in [0.2, 0.25) is 0 Å². The van der Waals surface area contributed by atoms with Crippen molar-refractivity contribution in [2.45, 2.75) is 71.6 Å². The maximum atomic E-state index is 12.3. The van der Waals surface area contributed by atoms with Crippen LogP contribution < -0.4 is 4.90 Å². The minimum Gasteiger partial charge on any atom is -0.355 e. The summed E-state index contributed by atoms with van der Waals surface area (Å²) < 4.78 is 11.6. The predicted octanol–water partition coefficient (Wildman–Crippen LogP) is 4.71. The normalized spacial score (nSPS) is 16.5. The van der Waals surface area contributed by atoms with Gasteiger partial charge in [0.15, 0.2) is 6.29 Å². The fourth-order valence-electron chi connectivity index (χ4n) is 3.55. The van der Waals surface area contributed by atoms with Crippen molar-refractivity contribution in [3.05, 3.63) is 29.3 Å². The molecule has 0 N–H and O–H groups in total. The van der Waals surface area contributed by atoms with E-state index in [1.54, 1.807) is 0 Å². The molecule has 0 bridgehead atoms. The number of carbonyl (C=O) groups excluding carboxylic acids is 1. The van der Waals surface area contributed by atoms with Gasteiger partial charge in [-0.2, -0.15) is 0 Å². The van der Waals surface area contributed by atoms with E-state index < -0.39 is 0 Å². The van der Waals surface area contributed by atoms with Crippen LogP contribution in [0, 0.1) is 0 Å². The lowest BCUT2D eigenvalue weighted by Gasteiger charge is -2.37. The van der Waals surface area contributed by atoms with E-state index in [9.17, 15) is 4.79 Å². The van der Waals surface area contributed by atoms with Crippen molar-refractivity contribution in [3.63, 3.8) is 0 Å². The lowest BCUT2D eigenvalue weighted by molar-refractivity contribution is -0.172. The summed E-state index contributed by atoms with van der Waals surface area (Å²) in [5.74, 6) is 0. The Morgan fingerprint density at radius 2 is 1.81 bits per heavy atom. The van der Waals surface area contributed by atoms with E-state index in [-0.39, 0.29) is 17.6 Å². The summed E-state index contributed by atoms with van der Waals surface area (Å²) in [5, 5.41) is -0.304. The topological polar surface area (TPSA) is 38.8 Å². The summed E-state index contributed by atoms with van der Waals surface area (Å²) >= 11 is 6.07. The first-order valence-corrected chi connectivity index (χ1v) is 10.3. The number of nitrogens with zero attached hydrogens (tertiary/aromatic N) is 1. The number of aryl methyl sites for hydroxylation is 2. The summed E-state index contributed by atoms with van der Waals surface area (Å²) in [5.41, 5.74) is 3.60. The quantitative estimate of drug-likeness (QED) is 0.550. The van der Waals surface area contributed by atoms with Gasteiger partial charge in [-0.3, -0.25) is 4.79 Å². The molecule has 1 aromatic carbocycles. The maximum absolute atomic E-state index is 12.3. The zero-order chi connectivity index (χ0) is 18.9. The third kappa shape index (κ3) is 5.45. The number of rotatable bonds is 10. The molecule has 1 atom stereocenters. The first-order valence-electron chi connectivity index (χ1n) is 9.92. The van der Waals surface area contributed by atoms with Crippen LogP contribution in [-0.4, -0.2) is 37.3 Å². The fourth-order valence-corrected chi connectivity index (χ4v) is 3.78. The van der Waals surface area contributed by atoms with Crippen LogP contribution in [0.4, 0.5) is 5.69 Å². The highest BCUT2D eigenvalue weighted by molar-refractivity contribution is 6.65. The fraction of sp³-hybridized carbons (Fsp3) is 0.667. The highest BCUT2D eigenvalue weighted by Crippen LogP contribution is 2.31. The van der Waals surface area contributed by atoms with Crippen molar-refractivity contribution >= 4 is 22.5 Å². The second-order valence-electron chi connectivity index (χ2n) is 6.77. The van der Waals surface area contributed by atoms with Crippen LogP contribution in [0.25, 0.3) is 0 Å². The molecule has 0 amide bonds.